The number of amides is 1. The number of benzene rings is 1. The molecular weight excluding hydrogens is 304 g/mol. The zero-order valence-electron chi connectivity index (χ0n) is 13.2. The second-order valence-corrected chi connectivity index (χ2v) is 5.15. The van der Waals surface area contributed by atoms with E-state index in [1.807, 2.05) is 0 Å². The number of nitrogens with zero attached hydrogens (tertiary/aromatic N) is 2. The van der Waals surface area contributed by atoms with Crippen molar-refractivity contribution in [3.05, 3.63) is 47.8 Å². The highest BCUT2D eigenvalue weighted by molar-refractivity contribution is 5.85. The van der Waals surface area contributed by atoms with Gasteiger partial charge in [0.2, 0.25) is 0 Å². The zero-order valence-corrected chi connectivity index (χ0v) is 13.2. The van der Waals surface area contributed by atoms with E-state index in [2.05, 4.69) is 10.4 Å². The molecule has 0 aliphatic carbocycles. The summed E-state index contributed by atoms with van der Waals surface area (Å²) in [6, 6.07) is 5.06. The molecule has 1 atom stereocenters. The van der Waals surface area contributed by atoms with Crippen LogP contribution in [0.4, 0.5) is 8.78 Å². The average molecular weight is 323 g/mol. The molecule has 7 heteroatoms. The van der Waals surface area contributed by atoms with Gasteiger partial charge < -0.3 is 10.1 Å². The van der Waals surface area contributed by atoms with E-state index in [-0.39, 0.29) is 12.4 Å². The van der Waals surface area contributed by atoms with E-state index in [0.717, 1.165) is 0 Å². The van der Waals surface area contributed by atoms with Gasteiger partial charge in [-0.2, -0.15) is 13.9 Å². The third-order valence-corrected chi connectivity index (χ3v) is 3.38. The molecule has 0 saturated heterocycles. The molecule has 0 radical (unpaired) electrons. The van der Waals surface area contributed by atoms with Gasteiger partial charge in [-0.1, -0.05) is 12.1 Å². The lowest BCUT2D eigenvalue weighted by Gasteiger charge is -2.21. The van der Waals surface area contributed by atoms with Crippen LogP contribution in [0.1, 0.15) is 31.0 Å². The molecule has 0 aliphatic heterocycles. The maximum Gasteiger partial charge on any atom is 0.353 e. The third kappa shape index (κ3) is 3.67. The van der Waals surface area contributed by atoms with Crippen molar-refractivity contribution in [2.75, 3.05) is 6.61 Å². The summed E-state index contributed by atoms with van der Waals surface area (Å²) in [5.74, 6) is -5.06. The number of carbonyl (C=O) groups excluding carboxylic acids is 1. The first-order valence-corrected chi connectivity index (χ1v) is 7.26. The van der Waals surface area contributed by atoms with Gasteiger partial charge in [0.05, 0.1) is 24.4 Å². The second-order valence-electron chi connectivity index (χ2n) is 5.15. The summed E-state index contributed by atoms with van der Waals surface area (Å²) in [6.45, 7) is 3.56. The Bertz CT molecular complexity index is 685. The Kier molecular flexibility index (Phi) is 4.98. The van der Waals surface area contributed by atoms with Gasteiger partial charge in [0.1, 0.15) is 5.75 Å². The maximum atomic E-state index is 14.5. The largest absolute Gasteiger partial charge is 0.493 e. The van der Waals surface area contributed by atoms with Gasteiger partial charge in [-0.25, -0.2) is 0 Å². The Morgan fingerprint density at radius 1 is 1.43 bits per heavy atom. The summed E-state index contributed by atoms with van der Waals surface area (Å²) in [6.07, 6.45) is 3.19. The van der Waals surface area contributed by atoms with Crippen LogP contribution in [0.25, 0.3) is 0 Å². The molecule has 1 N–H and O–H groups in total. The van der Waals surface area contributed by atoms with Crippen molar-refractivity contribution in [3.63, 3.8) is 0 Å². The van der Waals surface area contributed by atoms with Crippen molar-refractivity contribution in [1.82, 2.24) is 15.1 Å². The number of aromatic nitrogens is 2. The molecule has 0 spiro atoms. The highest BCUT2D eigenvalue weighted by Gasteiger charge is 2.43. The first-order chi connectivity index (χ1) is 10.9. The number of hydrogen-bond acceptors (Lipinski definition) is 3. The van der Waals surface area contributed by atoms with Gasteiger partial charge in [0.15, 0.2) is 0 Å². The molecule has 1 aromatic heterocycles. The summed E-state index contributed by atoms with van der Waals surface area (Å²) in [4.78, 5) is 12.1. The van der Waals surface area contributed by atoms with E-state index in [9.17, 15) is 13.6 Å². The molecule has 2 aromatic rings. The van der Waals surface area contributed by atoms with Gasteiger partial charge in [0.25, 0.3) is 5.91 Å². The maximum absolute atomic E-state index is 14.5. The van der Waals surface area contributed by atoms with E-state index in [1.165, 1.54) is 24.4 Å². The number of rotatable bonds is 6. The number of carbonyl (C=O) groups is 1. The number of nitrogens with one attached hydrogen (secondary N) is 1. The number of para-hydroxylation sites is 1. The monoisotopic (exact) mass is 323 g/mol. The number of aryl methyl sites for hydroxylation is 1. The molecule has 23 heavy (non-hydrogen) atoms. The Balaban J connectivity index is 2.20. The zero-order chi connectivity index (χ0) is 17.0. The second kappa shape index (κ2) is 6.76. The molecule has 0 bridgehead atoms. The van der Waals surface area contributed by atoms with E-state index in [0.29, 0.717) is 5.56 Å². The van der Waals surface area contributed by atoms with Crippen LogP contribution in [0.5, 0.6) is 5.75 Å². The van der Waals surface area contributed by atoms with Crippen molar-refractivity contribution in [3.8, 4) is 5.75 Å². The van der Waals surface area contributed by atoms with Crippen molar-refractivity contribution in [2.45, 2.75) is 25.8 Å². The van der Waals surface area contributed by atoms with E-state index in [4.69, 9.17) is 4.74 Å². The van der Waals surface area contributed by atoms with Crippen molar-refractivity contribution in [1.29, 1.82) is 0 Å². The summed E-state index contributed by atoms with van der Waals surface area (Å²) in [5, 5.41) is 6.28. The molecule has 124 valence electrons. The lowest BCUT2D eigenvalue weighted by molar-refractivity contribution is -0.148. The summed E-state index contributed by atoms with van der Waals surface area (Å²) >= 11 is 0. The highest BCUT2D eigenvalue weighted by atomic mass is 19.3. The Hall–Kier alpha value is -2.44. The highest BCUT2D eigenvalue weighted by Crippen LogP contribution is 2.35. The minimum Gasteiger partial charge on any atom is -0.493 e. The molecule has 0 fully saturated rings. The molecule has 5 nitrogen and oxygen atoms in total. The molecule has 0 saturated carbocycles. The standard InChI is InChI=1S/C16H19F2N3O2/c1-4-23-14-8-6-5-7-13(14)16(17,18)15(22)20-11(2)12-9-19-21(3)10-12/h5-11H,4H2,1-3H3,(H,20,22)/t11-/m0/s1. The number of alkyl halides is 2. The van der Waals surface area contributed by atoms with E-state index >= 15 is 0 Å². The van der Waals surface area contributed by atoms with Crippen LogP contribution in [-0.4, -0.2) is 22.3 Å². The quantitative estimate of drug-likeness (QED) is 0.889. The van der Waals surface area contributed by atoms with Crippen LogP contribution in [0.3, 0.4) is 0 Å². The first-order valence-electron chi connectivity index (χ1n) is 7.26. The van der Waals surface area contributed by atoms with E-state index in [1.54, 1.807) is 37.8 Å². The van der Waals surface area contributed by atoms with E-state index < -0.39 is 23.4 Å². The SMILES string of the molecule is CCOc1ccccc1C(F)(F)C(=O)N[C@@H](C)c1cnn(C)c1. The fraction of sp³-hybridized carbons (Fsp3) is 0.375. The molecule has 1 heterocycles. The number of ether oxygens (including phenoxy) is 1. The normalized spacial score (nSPS) is 12.7. The minimum atomic E-state index is -3.69. The van der Waals surface area contributed by atoms with Crippen LogP contribution in [0, 0.1) is 0 Å². The van der Waals surface area contributed by atoms with Crippen LogP contribution in [0.2, 0.25) is 0 Å². The Morgan fingerprint density at radius 3 is 2.74 bits per heavy atom. The predicted molar refractivity (Wildman–Crippen MR) is 81.3 cm³/mol. The molecule has 0 aliphatic rings. The van der Waals surface area contributed by atoms with Gasteiger partial charge in [-0.05, 0) is 26.0 Å². The average Bonchev–Trinajstić information content (AvgIpc) is 2.94. The van der Waals surface area contributed by atoms with Crippen LogP contribution >= 0.6 is 0 Å². The summed E-state index contributed by atoms with van der Waals surface area (Å²) in [5.41, 5.74) is 0.201. The number of hydrogen-bond donors (Lipinski definition) is 1. The summed E-state index contributed by atoms with van der Waals surface area (Å²) in [7, 11) is 1.71. The fourth-order valence-electron chi connectivity index (χ4n) is 2.16. The lowest BCUT2D eigenvalue weighted by atomic mass is 10.1. The fourth-order valence-corrected chi connectivity index (χ4v) is 2.16. The Labute approximate surface area is 133 Å². The molecule has 0 unspecified atom stereocenters. The van der Waals surface area contributed by atoms with Gasteiger partial charge in [-0.3, -0.25) is 9.48 Å². The topological polar surface area (TPSA) is 56.1 Å². The summed E-state index contributed by atoms with van der Waals surface area (Å²) < 4.78 is 35.7. The minimum absolute atomic E-state index is 0.00387. The van der Waals surface area contributed by atoms with Gasteiger partial charge in [-0.15, -0.1) is 0 Å². The van der Waals surface area contributed by atoms with Crippen molar-refractivity contribution >= 4 is 5.91 Å². The number of halogens is 2. The van der Waals surface area contributed by atoms with Crippen LogP contribution in [-0.2, 0) is 17.8 Å². The molecule has 1 amide bonds. The predicted octanol–water partition coefficient (Wildman–Crippen LogP) is 2.79. The van der Waals surface area contributed by atoms with Crippen molar-refractivity contribution in [2.24, 2.45) is 7.05 Å². The third-order valence-electron chi connectivity index (χ3n) is 3.38. The van der Waals surface area contributed by atoms with Crippen molar-refractivity contribution < 1.29 is 18.3 Å². The smallest absolute Gasteiger partial charge is 0.353 e. The Morgan fingerprint density at radius 2 is 2.13 bits per heavy atom. The lowest BCUT2D eigenvalue weighted by Crippen LogP contribution is -2.39. The molecular formula is C16H19F2N3O2. The van der Waals surface area contributed by atoms with Crippen LogP contribution < -0.4 is 10.1 Å². The molecule has 1 aromatic carbocycles. The first kappa shape index (κ1) is 16.9. The van der Waals surface area contributed by atoms with Gasteiger partial charge >= 0.3 is 5.92 Å². The van der Waals surface area contributed by atoms with Crippen LogP contribution in [0.15, 0.2) is 36.7 Å². The van der Waals surface area contributed by atoms with Gasteiger partial charge in [0, 0.05) is 18.8 Å². The molecule has 2 rings (SSSR count).